The van der Waals surface area contributed by atoms with E-state index in [1.165, 1.54) is 45.2 Å². The molecule has 4 rings (SSSR count). The summed E-state index contributed by atoms with van der Waals surface area (Å²) in [6, 6.07) is 1.39. The summed E-state index contributed by atoms with van der Waals surface area (Å²) in [4.78, 5) is 17.2. The van der Waals surface area contributed by atoms with E-state index in [1.807, 2.05) is 0 Å². The molecule has 0 aromatic heterocycles. The van der Waals surface area contributed by atoms with E-state index in [9.17, 15) is 4.79 Å². The molecule has 4 aliphatic heterocycles. The summed E-state index contributed by atoms with van der Waals surface area (Å²) in [5, 5.41) is 0. The van der Waals surface area contributed by atoms with Crippen molar-refractivity contribution in [2.24, 2.45) is 11.8 Å². The van der Waals surface area contributed by atoms with Crippen molar-refractivity contribution < 1.29 is 4.79 Å². The van der Waals surface area contributed by atoms with Gasteiger partial charge in [0.25, 0.3) is 0 Å². The molecule has 4 unspecified atom stereocenters. The lowest BCUT2D eigenvalue weighted by Gasteiger charge is -2.56. The van der Waals surface area contributed by atoms with Crippen LogP contribution in [-0.4, -0.2) is 47.4 Å². The first-order chi connectivity index (χ1) is 8.83. The number of carbonyl (C=O) groups excluding carboxylic acids is 1. The van der Waals surface area contributed by atoms with Crippen LogP contribution in [0.25, 0.3) is 0 Å². The fourth-order valence-corrected chi connectivity index (χ4v) is 5.10. The molecule has 100 valence electrons. The van der Waals surface area contributed by atoms with Crippen LogP contribution in [0, 0.1) is 11.8 Å². The van der Waals surface area contributed by atoms with Gasteiger partial charge in [-0.25, -0.2) is 0 Å². The average molecular weight is 248 g/mol. The summed E-state index contributed by atoms with van der Waals surface area (Å²) < 4.78 is 0. The molecule has 0 aromatic rings. The molecule has 3 nitrogen and oxygen atoms in total. The van der Waals surface area contributed by atoms with Gasteiger partial charge in [0.15, 0.2) is 0 Å². The number of hydrogen-bond donors (Lipinski definition) is 0. The summed E-state index contributed by atoms with van der Waals surface area (Å²) in [5.41, 5.74) is 0. The molecule has 0 spiro atoms. The Hall–Kier alpha value is -0.570. The highest BCUT2D eigenvalue weighted by Crippen LogP contribution is 2.42. The molecule has 4 aliphatic rings. The van der Waals surface area contributed by atoms with Gasteiger partial charge in [-0.2, -0.15) is 0 Å². The molecule has 4 atom stereocenters. The number of hydrogen-bond acceptors (Lipinski definition) is 2. The topological polar surface area (TPSA) is 23.6 Å². The minimum Gasteiger partial charge on any atom is -0.339 e. The van der Waals surface area contributed by atoms with Crippen LogP contribution in [-0.2, 0) is 4.79 Å². The van der Waals surface area contributed by atoms with E-state index < -0.39 is 0 Å². The Morgan fingerprint density at radius 3 is 2.72 bits per heavy atom. The lowest BCUT2D eigenvalue weighted by molar-refractivity contribution is -0.148. The maximum atomic E-state index is 12.1. The molecule has 4 heterocycles. The van der Waals surface area contributed by atoms with Crippen LogP contribution in [0.2, 0.25) is 0 Å². The Kier molecular flexibility index (Phi) is 2.65. The van der Waals surface area contributed by atoms with Gasteiger partial charge in [-0.15, -0.1) is 0 Å². The second-order valence-electron chi connectivity index (χ2n) is 6.82. The Bertz CT molecular complexity index is 356. The van der Waals surface area contributed by atoms with E-state index in [0.29, 0.717) is 11.9 Å². The number of piperidine rings is 4. The number of rotatable bonds is 0. The van der Waals surface area contributed by atoms with Crippen molar-refractivity contribution in [3.05, 3.63) is 0 Å². The SMILES string of the molecule is O=C1CCCC2C3CC(CN12)C1CCCCN1C3. The van der Waals surface area contributed by atoms with Crippen molar-refractivity contribution in [2.45, 2.75) is 57.0 Å². The number of fused-ring (bicyclic) bond motifs is 6. The highest BCUT2D eigenvalue weighted by molar-refractivity contribution is 5.77. The summed E-state index contributed by atoms with van der Waals surface area (Å²) >= 11 is 0. The number of carbonyl (C=O) groups is 1. The van der Waals surface area contributed by atoms with Gasteiger partial charge in [-0.3, -0.25) is 9.69 Å². The van der Waals surface area contributed by atoms with Gasteiger partial charge < -0.3 is 4.90 Å². The quantitative estimate of drug-likeness (QED) is 0.653. The monoisotopic (exact) mass is 248 g/mol. The summed E-state index contributed by atoms with van der Waals surface area (Å²) in [6.07, 6.45) is 8.78. The van der Waals surface area contributed by atoms with Gasteiger partial charge in [-0.1, -0.05) is 6.42 Å². The molecule has 3 heteroatoms. The maximum absolute atomic E-state index is 12.1. The van der Waals surface area contributed by atoms with Gasteiger partial charge in [0.1, 0.15) is 0 Å². The first-order valence-corrected chi connectivity index (χ1v) is 7.86. The predicted molar refractivity (Wildman–Crippen MR) is 70.2 cm³/mol. The Morgan fingerprint density at radius 1 is 0.944 bits per heavy atom. The second-order valence-corrected chi connectivity index (χ2v) is 6.82. The summed E-state index contributed by atoms with van der Waals surface area (Å²) in [6.45, 7) is 3.66. The van der Waals surface area contributed by atoms with Crippen LogP contribution < -0.4 is 0 Å². The largest absolute Gasteiger partial charge is 0.339 e. The third-order valence-corrected chi connectivity index (χ3v) is 5.87. The minimum absolute atomic E-state index is 0.449. The molecule has 1 amide bonds. The number of amides is 1. The molecule has 0 aromatic carbocycles. The fraction of sp³-hybridized carbons (Fsp3) is 0.933. The van der Waals surface area contributed by atoms with Crippen molar-refractivity contribution in [1.29, 1.82) is 0 Å². The normalized spacial score (nSPS) is 44.4. The Balaban J connectivity index is 1.59. The molecular weight excluding hydrogens is 224 g/mol. The third-order valence-electron chi connectivity index (χ3n) is 5.87. The smallest absolute Gasteiger partial charge is 0.222 e. The van der Waals surface area contributed by atoms with Crippen molar-refractivity contribution in [1.82, 2.24) is 9.80 Å². The van der Waals surface area contributed by atoms with Gasteiger partial charge >= 0.3 is 0 Å². The van der Waals surface area contributed by atoms with Crippen LogP contribution >= 0.6 is 0 Å². The van der Waals surface area contributed by atoms with Crippen LogP contribution in [0.1, 0.15) is 44.9 Å². The molecule has 2 bridgehead atoms. The molecule has 0 aliphatic carbocycles. The molecule has 4 fully saturated rings. The first kappa shape index (κ1) is 11.3. The lowest BCUT2D eigenvalue weighted by atomic mass is 9.71. The zero-order valence-electron chi connectivity index (χ0n) is 11.2. The number of nitrogens with zero attached hydrogens (tertiary/aromatic N) is 2. The van der Waals surface area contributed by atoms with Gasteiger partial charge in [0.2, 0.25) is 5.91 Å². The van der Waals surface area contributed by atoms with Crippen molar-refractivity contribution >= 4 is 5.91 Å². The van der Waals surface area contributed by atoms with Gasteiger partial charge in [0.05, 0.1) is 0 Å². The minimum atomic E-state index is 0.449. The summed E-state index contributed by atoms with van der Waals surface area (Å²) in [7, 11) is 0. The first-order valence-electron chi connectivity index (χ1n) is 7.86. The molecule has 4 saturated heterocycles. The molecule has 18 heavy (non-hydrogen) atoms. The lowest BCUT2D eigenvalue weighted by Crippen LogP contribution is -2.64. The molecule has 0 radical (unpaired) electrons. The zero-order chi connectivity index (χ0) is 12.1. The Labute approximate surface area is 110 Å². The van der Waals surface area contributed by atoms with Crippen LogP contribution in [0.5, 0.6) is 0 Å². The average Bonchev–Trinajstić information content (AvgIpc) is 2.40. The molecular formula is C15H24N2O. The predicted octanol–water partition coefficient (Wildman–Crippen LogP) is 1.87. The van der Waals surface area contributed by atoms with E-state index in [0.717, 1.165) is 37.3 Å². The highest BCUT2D eigenvalue weighted by Gasteiger charge is 2.47. The zero-order valence-corrected chi connectivity index (χ0v) is 11.2. The van der Waals surface area contributed by atoms with Crippen molar-refractivity contribution in [3.8, 4) is 0 Å². The standard InChI is InChI=1S/C15H24N2O/c18-15-6-3-5-14-11-8-12(10-17(14)15)13-4-1-2-7-16(13)9-11/h11-14H,1-10H2. The van der Waals surface area contributed by atoms with E-state index in [1.54, 1.807) is 0 Å². The van der Waals surface area contributed by atoms with Crippen LogP contribution in [0.15, 0.2) is 0 Å². The summed E-state index contributed by atoms with van der Waals surface area (Å²) in [5.74, 6) is 2.01. The third kappa shape index (κ3) is 1.63. The van der Waals surface area contributed by atoms with Crippen molar-refractivity contribution in [3.63, 3.8) is 0 Å². The van der Waals surface area contributed by atoms with Gasteiger partial charge in [0, 0.05) is 31.6 Å². The maximum Gasteiger partial charge on any atom is 0.222 e. The fourth-order valence-electron chi connectivity index (χ4n) is 5.10. The van der Waals surface area contributed by atoms with E-state index in [-0.39, 0.29) is 0 Å². The van der Waals surface area contributed by atoms with Crippen molar-refractivity contribution in [2.75, 3.05) is 19.6 Å². The molecule has 0 saturated carbocycles. The highest BCUT2D eigenvalue weighted by atomic mass is 16.2. The van der Waals surface area contributed by atoms with E-state index in [4.69, 9.17) is 0 Å². The molecule has 0 N–H and O–H groups in total. The Morgan fingerprint density at radius 2 is 1.78 bits per heavy atom. The van der Waals surface area contributed by atoms with Crippen LogP contribution in [0.4, 0.5) is 0 Å². The van der Waals surface area contributed by atoms with E-state index in [2.05, 4.69) is 9.80 Å². The second kappa shape index (κ2) is 4.22. The van der Waals surface area contributed by atoms with Gasteiger partial charge in [-0.05, 0) is 50.5 Å². The van der Waals surface area contributed by atoms with Crippen LogP contribution in [0.3, 0.4) is 0 Å². The van der Waals surface area contributed by atoms with E-state index >= 15 is 0 Å².